The van der Waals surface area contributed by atoms with Gasteiger partial charge in [-0.25, -0.2) is 0 Å². The third-order valence-electron chi connectivity index (χ3n) is 3.36. The molecule has 122 valence electrons. The molecule has 0 saturated heterocycles. The fraction of sp³-hybridized carbons (Fsp3) is 0.588. The molecule has 0 aliphatic heterocycles. The van der Waals surface area contributed by atoms with Crippen LogP contribution < -0.4 is 5.32 Å². The van der Waals surface area contributed by atoms with Gasteiger partial charge in [-0.15, -0.1) is 0 Å². The Balaban J connectivity index is 2.69. The smallest absolute Gasteiger partial charge is 0.245 e. The van der Waals surface area contributed by atoms with E-state index in [1.54, 1.807) is 24.3 Å². The van der Waals surface area contributed by atoms with Crippen LogP contribution in [-0.4, -0.2) is 34.8 Å². The minimum Gasteiger partial charge on any atom is -0.344 e. The van der Waals surface area contributed by atoms with Gasteiger partial charge in [0.1, 0.15) is 6.04 Å². The van der Waals surface area contributed by atoms with Crippen molar-refractivity contribution in [3.63, 3.8) is 0 Å². The third-order valence-corrected chi connectivity index (χ3v) is 3.36. The summed E-state index contributed by atoms with van der Waals surface area (Å²) in [5.74, 6) is 0.170. The van der Waals surface area contributed by atoms with E-state index in [4.69, 9.17) is 0 Å². The molecule has 0 fully saturated rings. The second kappa shape index (κ2) is 8.51. The van der Waals surface area contributed by atoms with Crippen LogP contribution in [0.2, 0.25) is 0 Å². The average molecular weight is 305 g/mol. The minimum absolute atomic E-state index is 0.0416. The van der Waals surface area contributed by atoms with Crippen LogP contribution in [0.15, 0.2) is 24.5 Å². The van der Waals surface area contributed by atoms with E-state index >= 15 is 0 Å². The molecule has 1 aromatic heterocycles. The molecule has 0 aromatic carbocycles. The fourth-order valence-electron chi connectivity index (χ4n) is 2.20. The van der Waals surface area contributed by atoms with Crippen LogP contribution in [-0.2, 0) is 16.1 Å². The van der Waals surface area contributed by atoms with Crippen LogP contribution in [0.3, 0.4) is 0 Å². The highest BCUT2D eigenvalue weighted by molar-refractivity contribution is 5.87. The van der Waals surface area contributed by atoms with Crippen molar-refractivity contribution in [2.45, 2.75) is 46.7 Å². The maximum absolute atomic E-state index is 12.6. The molecule has 0 aliphatic carbocycles. The monoisotopic (exact) mass is 305 g/mol. The Labute approximate surface area is 133 Å². The molecule has 1 aromatic rings. The Bertz CT molecular complexity index is 486. The molecule has 0 aliphatic rings. The molecule has 0 radical (unpaired) electrons. The maximum Gasteiger partial charge on any atom is 0.245 e. The molecule has 5 nitrogen and oxygen atoms in total. The number of nitrogens with zero attached hydrogens (tertiary/aromatic N) is 2. The zero-order valence-corrected chi connectivity index (χ0v) is 14.2. The van der Waals surface area contributed by atoms with Crippen molar-refractivity contribution in [2.75, 3.05) is 7.05 Å². The first-order valence-electron chi connectivity index (χ1n) is 7.74. The summed E-state index contributed by atoms with van der Waals surface area (Å²) in [6, 6.07) is 3.28. The van der Waals surface area contributed by atoms with E-state index in [-0.39, 0.29) is 23.7 Å². The number of hydrogen-bond donors (Lipinski definition) is 1. The van der Waals surface area contributed by atoms with Crippen LogP contribution in [0.1, 0.15) is 39.7 Å². The van der Waals surface area contributed by atoms with Gasteiger partial charge in [-0.05, 0) is 23.5 Å². The Morgan fingerprint density at radius 1 is 1.27 bits per heavy atom. The average Bonchev–Trinajstić information content (AvgIpc) is 2.44. The number of rotatable bonds is 7. The zero-order valence-electron chi connectivity index (χ0n) is 14.2. The highest BCUT2D eigenvalue weighted by Crippen LogP contribution is 2.10. The van der Waals surface area contributed by atoms with Gasteiger partial charge in [0.2, 0.25) is 11.8 Å². The highest BCUT2D eigenvalue weighted by Gasteiger charge is 2.27. The van der Waals surface area contributed by atoms with Gasteiger partial charge in [-0.1, -0.05) is 33.8 Å². The number of carbonyl (C=O) groups excluding carboxylic acids is 2. The molecule has 0 bridgehead atoms. The summed E-state index contributed by atoms with van der Waals surface area (Å²) in [5, 5.41) is 2.87. The molecular weight excluding hydrogens is 278 g/mol. The normalized spacial score (nSPS) is 12.3. The standard InChI is InChI=1S/C17H27N3O2/c1-12(2)9-15(21)19-16(13(3)4)17(22)20(5)11-14-7-6-8-18-10-14/h6-8,10,12-13,16H,9,11H2,1-5H3,(H,19,21). The van der Waals surface area contributed by atoms with Crippen molar-refractivity contribution >= 4 is 11.8 Å². The van der Waals surface area contributed by atoms with Gasteiger partial charge in [0.25, 0.3) is 0 Å². The summed E-state index contributed by atoms with van der Waals surface area (Å²) in [7, 11) is 1.75. The molecule has 0 spiro atoms. The number of likely N-dealkylation sites (N-methyl/N-ethyl adjacent to an activating group) is 1. The van der Waals surface area contributed by atoms with Gasteiger partial charge in [-0.3, -0.25) is 14.6 Å². The van der Waals surface area contributed by atoms with Crippen molar-refractivity contribution in [1.82, 2.24) is 15.2 Å². The molecule has 2 amide bonds. The number of pyridine rings is 1. The Kier molecular flexibility index (Phi) is 7.02. The predicted octanol–water partition coefficient (Wildman–Crippen LogP) is 2.23. The van der Waals surface area contributed by atoms with E-state index in [1.807, 2.05) is 39.8 Å². The van der Waals surface area contributed by atoms with E-state index in [0.29, 0.717) is 13.0 Å². The van der Waals surface area contributed by atoms with Gasteiger partial charge in [-0.2, -0.15) is 0 Å². The lowest BCUT2D eigenvalue weighted by molar-refractivity contribution is -0.137. The predicted molar refractivity (Wildman–Crippen MR) is 86.9 cm³/mol. The second-order valence-corrected chi connectivity index (χ2v) is 6.44. The minimum atomic E-state index is -0.493. The number of nitrogens with one attached hydrogen (secondary N) is 1. The molecule has 1 heterocycles. The molecule has 22 heavy (non-hydrogen) atoms. The van der Waals surface area contributed by atoms with Crippen LogP contribution in [0.25, 0.3) is 0 Å². The first-order chi connectivity index (χ1) is 10.3. The van der Waals surface area contributed by atoms with Crippen molar-refractivity contribution in [1.29, 1.82) is 0 Å². The van der Waals surface area contributed by atoms with E-state index in [2.05, 4.69) is 10.3 Å². The van der Waals surface area contributed by atoms with Gasteiger partial charge >= 0.3 is 0 Å². The van der Waals surface area contributed by atoms with Gasteiger partial charge in [0.05, 0.1) is 0 Å². The lowest BCUT2D eigenvalue weighted by Gasteiger charge is -2.27. The summed E-state index contributed by atoms with van der Waals surface area (Å²) in [4.78, 5) is 30.2. The van der Waals surface area contributed by atoms with Gasteiger partial charge in [0, 0.05) is 32.4 Å². The van der Waals surface area contributed by atoms with Crippen molar-refractivity contribution in [3.8, 4) is 0 Å². The lowest BCUT2D eigenvalue weighted by Crippen LogP contribution is -2.50. The third kappa shape index (κ3) is 5.84. The fourth-order valence-corrected chi connectivity index (χ4v) is 2.20. The quantitative estimate of drug-likeness (QED) is 0.840. The first kappa shape index (κ1) is 18.1. The molecule has 1 atom stereocenters. The van der Waals surface area contributed by atoms with Crippen LogP contribution in [0, 0.1) is 11.8 Å². The second-order valence-electron chi connectivity index (χ2n) is 6.44. The summed E-state index contributed by atoms with van der Waals surface area (Å²) in [6.07, 6.45) is 3.88. The Morgan fingerprint density at radius 3 is 2.45 bits per heavy atom. The Hall–Kier alpha value is -1.91. The number of hydrogen-bond acceptors (Lipinski definition) is 3. The summed E-state index contributed by atoms with van der Waals surface area (Å²) in [6.45, 7) is 8.34. The van der Waals surface area contributed by atoms with E-state index < -0.39 is 6.04 Å². The van der Waals surface area contributed by atoms with Crippen molar-refractivity contribution < 1.29 is 9.59 Å². The number of aromatic nitrogens is 1. The molecular formula is C17H27N3O2. The van der Waals surface area contributed by atoms with Crippen LogP contribution >= 0.6 is 0 Å². The number of amides is 2. The highest BCUT2D eigenvalue weighted by atomic mass is 16.2. The molecule has 1 rings (SSSR count). The van der Waals surface area contributed by atoms with Crippen molar-refractivity contribution in [2.24, 2.45) is 11.8 Å². The van der Waals surface area contributed by atoms with E-state index in [0.717, 1.165) is 5.56 Å². The Morgan fingerprint density at radius 2 is 1.95 bits per heavy atom. The van der Waals surface area contributed by atoms with Crippen molar-refractivity contribution in [3.05, 3.63) is 30.1 Å². The molecule has 0 saturated carbocycles. The zero-order chi connectivity index (χ0) is 16.7. The maximum atomic E-state index is 12.6. The topological polar surface area (TPSA) is 62.3 Å². The molecule has 5 heteroatoms. The van der Waals surface area contributed by atoms with Crippen LogP contribution in [0.5, 0.6) is 0 Å². The van der Waals surface area contributed by atoms with E-state index in [9.17, 15) is 9.59 Å². The number of carbonyl (C=O) groups is 2. The van der Waals surface area contributed by atoms with Crippen LogP contribution in [0.4, 0.5) is 0 Å². The summed E-state index contributed by atoms with van der Waals surface area (Å²) < 4.78 is 0. The SMILES string of the molecule is CC(C)CC(=O)NC(C(=O)N(C)Cc1cccnc1)C(C)C. The van der Waals surface area contributed by atoms with Gasteiger partial charge in [0.15, 0.2) is 0 Å². The summed E-state index contributed by atoms with van der Waals surface area (Å²) >= 11 is 0. The largest absolute Gasteiger partial charge is 0.344 e. The van der Waals surface area contributed by atoms with Gasteiger partial charge < -0.3 is 10.2 Å². The molecule has 1 N–H and O–H groups in total. The van der Waals surface area contributed by atoms with E-state index in [1.165, 1.54) is 0 Å². The lowest BCUT2D eigenvalue weighted by atomic mass is 10.0. The molecule has 1 unspecified atom stereocenters. The first-order valence-corrected chi connectivity index (χ1v) is 7.74. The summed E-state index contributed by atoms with van der Waals surface area (Å²) in [5.41, 5.74) is 0.967.